The van der Waals surface area contributed by atoms with Crippen LogP contribution in [0.1, 0.15) is 26.2 Å². The molecule has 0 aliphatic heterocycles. The zero-order valence-electron chi connectivity index (χ0n) is 8.50. The van der Waals surface area contributed by atoms with E-state index in [9.17, 15) is 9.67 Å². The molecule has 6 nitrogen and oxygen atoms in total. The summed E-state index contributed by atoms with van der Waals surface area (Å²) >= 11 is 0. The highest BCUT2D eigenvalue weighted by Gasteiger charge is 2.25. The number of aromatic nitrogens is 2. The standard InChI is InChI=1S/C8H15N2O4P/c1-2-3-4-5-10-6-7(8(11)9-10)15(12,13)14/h6H,2-5H2,1H3,(H,9,11)(H2,12,13,14). The van der Waals surface area contributed by atoms with Gasteiger partial charge in [-0.25, -0.2) is 0 Å². The van der Waals surface area contributed by atoms with E-state index >= 15 is 0 Å². The molecule has 1 aromatic rings. The molecule has 1 aromatic heterocycles. The molecule has 0 spiro atoms. The molecule has 86 valence electrons. The number of unbranched alkanes of at least 4 members (excludes halogenated alkanes) is 2. The van der Waals surface area contributed by atoms with Crippen molar-refractivity contribution in [2.45, 2.75) is 32.7 Å². The van der Waals surface area contributed by atoms with Crippen LogP contribution >= 0.6 is 7.60 Å². The van der Waals surface area contributed by atoms with Gasteiger partial charge >= 0.3 is 7.60 Å². The van der Waals surface area contributed by atoms with E-state index in [2.05, 4.69) is 12.0 Å². The summed E-state index contributed by atoms with van der Waals surface area (Å²) < 4.78 is 12.2. The highest BCUT2D eigenvalue weighted by Crippen LogP contribution is 2.36. The zero-order chi connectivity index (χ0) is 11.5. The fraction of sp³-hybridized carbons (Fsp3) is 0.625. The minimum atomic E-state index is -4.41. The van der Waals surface area contributed by atoms with Crippen molar-refractivity contribution in [3.05, 3.63) is 6.20 Å². The minimum Gasteiger partial charge on any atom is -0.492 e. The number of hydrogen-bond donors (Lipinski definition) is 3. The van der Waals surface area contributed by atoms with E-state index < -0.39 is 18.8 Å². The van der Waals surface area contributed by atoms with Gasteiger partial charge in [0.1, 0.15) is 5.30 Å². The molecule has 0 atom stereocenters. The van der Waals surface area contributed by atoms with E-state index in [-0.39, 0.29) is 0 Å². The smallest absolute Gasteiger partial charge is 0.363 e. The predicted molar refractivity (Wildman–Crippen MR) is 55.1 cm³/mol. The maximum Gasteiger partial charge on any atom is 0.363 e. The third kappa shape index (κ3) is 3.34. The van der Waals surface area contributed by atoms with Gasteiger partial charge in [-0.2, -0.15) is 0 Å². The Labute approximate surface area is 87.7 Å². The van der Waals surface area contributed by atoms with Crippen LogP contribution in [0, 0.1) is 0 Å². The minimum absolute atomic E-state index is 0.404. The second-order valence-corrected chi connectivity index (χ2v) is 4.92. The fourth-order valence-corrected chi connectivity index (χ4v) is 1.83. The first kappa shape index (κ1) is 12.2. The van der Waals surface area contributed by atoms with E-state index in [0.29, 0.717) is 6.54 Å². The lowest BCUT2D eigenvalue weighted by Gasteiger charge is -1.99. The Kier molecular flexibility index (Phi) is 3.90. The molecule has 3 N–H and O–H groups in total. The van der Waals surface area contributed by atoms with Gasteiger partial charge in [-0.3, -0.25) is 9.25 Å². The van der Waals surface area contributed by atoms with Gasteiger partial charge in [-0.1, -0.05) is 19.8 Å². The van der Waals surface area contributed by atoms with Crippen LogP contribution in [0.4, 0.5) is 0 Å². The first-order valence-corrected chi connectivity index (χ1v) is 6.39. The van der Waals surface area contributed by atoms with Crippen molar-refractivity contribution in [2.24, 2.45) is 0 Å². The Morgan fingerprint density at radius 3 is 2.60 bits per heavy atom. The summed E-state index contributed by atoms with van der Waals surface area (Å²) in [5.74, 6) is -0.583. The van der Waals surface area contributed by atoms with Gasteiger partial charge in [0, 0.05) is 12.7 Å². The van der Waals surface area contributed by atoms with Crippen molar-refractivity contribution in [2.75, 3.05) is 0 Å². The number of hydrogen-bond acceptors (Lipinski definition) is 3. The summed E-state index contributed by atoms with van der Waals surface area (Å²) in [6, 6.07) is 0. The predicted octanol–water partition coefficient (Wildman–Crippen LogP) is 0.582. The maximum atomic E-state index is 10.9. The SMILES string of the molecule is CCCCCn1cc(P(=O)(O)O)c(O)n1. The van der Waals surface area contributed by atoms with Crippen LogP contribution in [-0.2, 0) is 11.1 Å². The third-order valence-corrected chi connectivity index (χ3v) is 2.97. The number of aromatic hydroxyl groups is 1. The van der Waals surface area contributed by atoms with Gasteiger partial charge in [-0.05, 0) is 6.42 Å². The van der Waals surface area contributed by atoms with E-state index in [4.69, 9.17) is 9.79 Å². The molecular formula is C8H15N2O4P. The van der Waals surface area contributed by atoms with Crippen molar-refractivity contribution in [3.8, 4) is 5.88 Å². The van der Waals surface area contributed by atoms with Crippen molar-refractivity contribution < 1.29 is 19.5 Å². The van der Waals surface area contributed by atoms with E-state index in [1.54, 1.807) is 0 Å². The monoisotopic (exact) mass is 234 g/mol. The molecule has 0 amide bonds. The molecule has 0 bridgehead atoms. The lowest BCUT2D eigenvalue weighted by molar-refractivity contribution is 0.384. The van der Waals surface area contributed by atoms with Gasteiger partial charge in [0.2, 0.25) is 5.88 Å². The average molecular weight is 234 g/mol. The van der Waals surface area contributed by atoms with Gasteiger partial charge in [0.15, 0.2) is 0 Å². The Morgan fingerprint density at radius 2 is 2.13 bits per heavy atom. The lowest BCUT2D eigenvalue weighted by Crippen LogP contribution is -2.02. The average Bonchev–Trinajstić information content (AvgIpc) is 2.47. The summed E-state index contributed by atoms with van der Waals surface area (Å²) in [5.41, 5.74) is 0. The van der Waals surface area contributed by atoms with Gasteiger partial charge in [0.25, 0.3) is 0 Å². The van der Waals surface area contributed by atoms with Crippen molar-refractivity contribution in [3.63, 3.8) is 0 Å². The van der Waals surface area contributed by atoms with Crippen molar-refractivity contribution in [1.29, 1.82) is 0 Å². The summed E-state index contributed by atoms with van der Waals surface area (Å²) in [6.07, 6.45) is 4.15. The number of aryl methyl sites for hydroxylation is 1. The Hall–Kier alpha value is -0.840. The maximum absolute atomic E-state index is 10.9. The van der Waals surface area contributed by atoms with Crippen LogP contribution in [0.3, 0.4) is 0 Å². The van der Waals surface area contributed by atoms with Crippen LogP contribution in [0.15, 0.2) is 6.20 Å². The highest BCUT2D eigenvalue weighted by atomic mass is 31.2. The topological polar surface area (TPSA) is 95.6 Å². The molecular weight excluding hydrogens is 219 g/mol. The molecule has 15 heavy (non-hydrogen) atoms. The first-order chi connectivity index (χ1) is 6.95. The van der Waals surface area contributed by atoms with Gasteiger partial charge in [0.05, 0.1) is 0 Å². The highest BCUT2D eigenvalue weighted by molar-refractivity contribution is 7.60. The van der Waals surface area contributed by atoms with Gasteiger partial charge in [-0.15, -0.1) is 5.10 Å². The second-order valence-electron chi connectivity index (χ2n) is 3.35. The normalized spacial score (nSPS) is 11.9. The van der Waals surface area contributed by atoms with E-state index in [1.165, 1.54) is 10.9 Å². The summed E-state index contributed by atoms with van der Waals surface area (Å²) in [4.78, 5) is 17.7. The van der Waals surface area contributed by atoms with Crippen molar-refractivity contribution in [1.82, 2.24) is 9.78 Å². The summed E-state index contributed by atoms with van der Waals surface area (Å²) in [5, 5.41) is 12.4. The molecule has 7 heteroatoms. The molecule has 0 aliphatic rings. The van der Waals surface area contributed by atoms with Crippen molar-refractivity contribution >= 4 is 12.9 Å². The fourth-order valence-electron chi connectivity index (χ4n) is 1.24. The Morgan fingerprint density at radius 1 is 1.47 bits per heavy atom. The molecule has 0 fully saturated rings. The van der Waals surface area contributed by atoms with Crippen LogP contribution in [0.2, 0.25) is 0 Å². The molecule has 0 unspecified atom stereocenters. The third-order valence-electron chi connectivity index (χ3n) is 2.03. The quantitative estimate of drug-likeness (QED) is 0.511. The molecule has 1 heterocycles. The zero-order valence-corrected chi connectivity index (χ0v) is 9.39. The Bertz CT molecular complexity index is 371. The number of rotatable bonds is 5. The summed E-state index contributed by atoms with van der Waals surface area (Å²) in [6.45, 7) is 2.61. The Balaban J connectivity index is 2.73. The molecule has 0 saturated heterocycles. The molecule has 0 aromatic carbocycles. The van der Waals surface area contributed by atoms with Crippen LogP contribution in [0.5, 0.6) is 5.88 Å². The van der Waals surface area contributed by atoms with Gasteiger partial charge < -0.3 is 14.9 Å². The first-order valence-electron chi connectivity index (χ1n) is 4.77. The molecule has 0 saturated carbocycles. The second kappa shape index (κ2) is 4.79. The van der Waals surface area contributed by atoms with Crippen LogP contribution in [-0.4, -0.2) is 24.7 Å². The number of nitrogens with zero attached hydrogens (tertiary/aromatic N) is 2. The van der Waals surface area contributed by atoms with E-state index in [0.717, 1.165) is 19.3 Å². The molecule has 0 aliphatic carbocycles. The van der Waals surface area contributed by atoms with Crippen LogP contribution < -0.4 is 5.30 Å². The molecule has 1 rings (SSSR count). The van der Waals surface area contributed by atoms with Crippen LogP contribution in [0.25, 0.3) is 0 Å². The van der Waals surface area contributed by atoms with E-state index in [1.807, 2.05) is 0 Å². The largest absolute Gasteiger partial charge is 0.492 e. The summed E-state index contributed by atoms with van der Waals surface area (Å²) in [7, 11) is -4.41. The molecule has 0 radical (unpaired) electrons. The lowest BCUT2D eigenvalue weighted by atomic mass is 10.2.